The summed E-state index contributed by atoms with van der Waals surface area (Å²) in [4.78, 5) is 11.3. The Labute approximate surface area is 113 Å². The molecule has 1 aromatic rings. The number of nitrogens with one attached hydrogen (secondary N) is 2. The number of carbonyl (C=O) groups is 1. The van der Waals surface area contributed by atoms with Crippen molar-refractivity contribution < 1.29 is 13.2 Å². The Morgan fingerprint density at radius 3 is 2.58 bits per heavy atom. The fourth-order valence-electron chi connectivity index (χ4n) is 1.55. The van der Waals surface area contributed by atoms with Crippen LogP contribution in [0.4, 0.5) is 11.4 Å². The van der Waals surface area contributed by atoms with Gasteiger partial charge in [-0.05, 0) is 31.5 Å². The van der Waals surface area contributed by atoms with Gasteiger partial charge in [0.05, 0.1) is 6.26 Å². The SMILES string of the molecule is CC(=O)c1cc(NCCCNS(C)(=O)=O)ccc1N. The molecule has 0 aliphatic rings. The van der Waals surface area contributed by atoms with E-state index in [1.54, 1.807) is 18.2 Å². The molecule has 0 unspecified atom stereocenters. The highest BCUT2D eigenvalue weighted by Gasteiger charge is 2.05. The molecule has 0 atom stereocenters. The standard InChI is InChI=1S/C12H19N3O3S/c1-9(16)11-8-10(4-5-12(11)13)14-6-3-7-15-19(2,17)18/h4-5,8,14-15H,3,6-7,13H2,1-2H3. The molecule has 7 heteroatoms. The minimum absolute atomic E-state index is 0.0834. The molecule has 0 aliphatic heterocycles. The number of benzene rings is 1. The Hall–Kier alpha value is -1.60. The van der Waals surface area contributed by atoms with Gasteiger partial charge < -0.3 is 11.1 Å². The molecule has 19 heavy (non-hydrogen) atoms. The number of sulfonamides is 1. The van der Waals surface area contributed by atoms with Crippen LogP contribution in [-0.4, -0.2) is 33.5 Å². The minimum atomic E-state index is -3.13. The zero-order valence-corrected chi connectivity index (χ0v) is 11.9. The van der Waals surface area contributed by atoms with Crippen LogP contribution in [0.3, 0.4) is 0 Å². The van der Waals surface area contributed by atoms with Crippen LogP contribution in [-0.2, 0) is 10.0 Å². The molecule has 0 saturated heterocycles. The van der Waals surface area contributed by atoms with Gasteiger partial charge in [-0.15, -0.1) is 0 Å². The summed E-state index contributed by atoms with van der Waals surface area (Å²) in [6, 6.07) is 5.15. The van der Waals surface area contributed by atoms with E-state index < -0.39 is 10.0 Å². The molecule has 0 spiro atoms. The van der Waals surface area contributed by atoms with Crippen LogP contribution < -0.4 is 15.8 Å². The number of Topliss-reactive ketones (excluding diaryl/α,β-unsaturated/α-hetero) is 1. The van der Waals surface area contributed by atoms with Crippen LogP contribution in [0, 0.1) is 0 Å². The maximum atomic E-state index is 11.3. The molecule has 0 bridgehead atoms. The van der Waals surface area contributed by atoms with Crippen molar-refractivity contribution in [2.24, 2.45) is 0 Å². The number of ketones is 1. The summed E-state index contributed by atoms with van der Waals surface area (Å²) in [5.41, 5.74) is 7.42. The maximum Gasteiger partial charge on any atom is 0.208 e. The van der Waals surface area contributed by atoms with E-state index in [1.165, 1.54) is 6.92 Å². The first-order valence-electron chi connectivity index (χ1n) is 5.88. The molecule has 6 nitrogen and oxygen atoms in total. The van der Waals surface area contributed by atoms with Gasteiger partial charge in [0.2, 0.25) is 10.0 Å². The average molecular weight is 285 g/mol. The summed E-state index contributed by atoms with van der Waals surface area (Å²) < 4.78 is 24.1. The van der Waals surface area contributed by atoms with Gasteiger partial charge in [0, 0.05) is 30.0 Å². The predicted octanol–water partition coefficient (Wildman–Crippen LogP) is 0.823. The van der Waals surface area contributed by atoms with Gasteiger partial charge in [0.15, 0.2) is 5.78 Å². The van der Waals surface area contributed by atoms with Crippen molar-refractivity contribution >= 4 is 27.2 Å². The van der Waals surface area contributed by atoms with Crippen molar-refractivity contribution in [3.63, 3.8) is 0 Å². The summed E-state index contributed by atoms with van der Waals surface area (Å²) >= 11 is 0. The molecule has 0 amide bonds. The highest BCUT2D eigenvalue weighted by atomic mass is 32.2. The van der Waals surface area contributed by atoms with E-state index >= 15 is 0 Å². The second-order valence-corrected chi connectivity index (χ2v) is 6.14. The molecular formula is C12H19N3O3S. The van der Waals surface area contributed by atoms with Crippen molar-refractivity contribution in [2.45, 2.75) is 13.3 Å². The number of nitrogens with two attached hydrogens (primary N) is 1. The van der Waals surface area contributed by atoms with E-state index in [1.807, 2.05) is 0 Å². The maximum absolute atomic E-state index is 11.3. The normalized spacial score (nSPS) is 11.3. The topological polar surface area (TPSA) is 101 Å². The molecule has 4 N–H and O–H groups in total. The lowest BCUT2D eigenvalue weighted by atomic mass is 10.1. The average Bonchev–Trinajstić information content (AvgIpc) is 2.29. The fraction of sp³-hybridized carbons (Fsp3) is 0.417. The Morgan fingerprint density at radius 1 is 1.32 bits per heavy atom. The lowest BCUT2D eigenvalue weighted by Crippen LogP contribution is -2.24. The Morgan fingerprint density at radius 2 is 2.00 bits per heavy atom. The zero-order valence-electron chi connectivity index (χ0n) is 11.1. The van der Waals surface area contributed by atoms with Crippen LogP contribution in [0.15, 0.2) is 18.2 Å². The molecule has 0 radical (unpaired) electrons. The van der Waals surface area contributed by atoms with Gasteiger partial charge in [-0.1, -0.05) is 0 Å². The van der Waals surface area contributed by atoms with Crippen molar-refractivity contribution in [2.75, 3.05) is 30.4 Å². The van der Waals surface area contributed by atoms with Gasteiger partial charge >= 0.3 is 0 Å². The number of carbonyl (C=O) groups excluding carboxylic acids is 1. The number of rotatable bonds is 7. The molecule has 106 valence electrons. The smallest absolute Gasteiger partial charge is 0.208 e. The van der Waals surface area contributed by atoms with Gasteiger partial charge in [-0.3, -0.25) is 4.79 Å². The van der Waals surface area contributed by atoms with Crippen molar-refractivity contribution in [1.29, 1.82) is 0 Å². The molecule has 1 aromatic carbocycles. The summed E-state index contributed by atoms with van der Waals surface area (Å²) in [6.07, 6.45) is 1.77. The van der Waals surface area contributed by atoms with Crippen LogP contribution >= 0.6 is 0 Å². The van der Waals surface area contributed by atoms with Crippen LogP contribution in [0.25, 0.3) is 0 Å². The van der Waals surface area contributed by atoms with E-state index in [0.717, 1.165) is 11.9 Å². The first-order chi connectivity index (χ1) is 8.79. The predicted molar refractivity (Wildman–Crippen MR) is 76.8 cm³/mol. The van der Waals surface area contributed by atoms with E-state index in [0.29, 0.717) is 30.8 Å². The summed E-state index contributed by atoms with van der Waals surface area (Å²) in [6.45, 7) is 2.44. The van der Waals surface area contributed by atoms with Gasteiger partial charge in [-0.2, -0.15) is 0 Å². The van der Waals surface area contributed by atoms with Crippen molar-refractivity contribution in [3.8, 4) is 0 Å². The molecule has 0 aromatic heterocycles. The fourth-order valence-corrected chi connectivity index (χ4v) is 2.06. The first kappa shape index (κ1) is 15.5. The minimum Gasteiger partial charge on any atom is -0.398 e. The third-order valence-electron chi connectivity index (χ3n) is 2.48. The highest BCUT2D eigenvalue weighted by molar-refractivity contribution is 7.88. The van der Waals surface area contributed by atoms with Gasteiger partial charge in [-0.25, -0.2) is 13.1 Å². The number of anilines is 2. The van der Waals surface area contributed by atoms with E-state index in [-0.39, 0.29) is 5.78 Å². The summed E-state index contributed by atoms with van der Waals surface area (Å²) in [5.74, 6) is -0.0834. The van der Waals surface area contributed by atoms with Crippen LogP contribution in [0.2, 0.25) is 0 Å². The quantitative estimate of drug-likeness (QED) is 0.391. The Kier molecular flexibility index (Phi) is 5.31. The molecule has 0 saturated carbocycles. The first-order valence-corrected chi connectivity index (χ1v) is 7.78. The van der Waals surface area contributed by atoms with Crippen LogP contribution in [0.1, 0.15) is 23.7 Å². The van der Waals surface area contributed by atoms with Gasteiger partial charge in [0.1, 0.15) is 0 Å². The van der Waals surface area contributed by atoms with E-state index in [9.17, 15) is 13.2 Å². The monoisotopic (exact) mass is 285 g/mol. The Balaban J connectivity index is 2.46. The Bertz CT molecular complexity index is 555. The van der Waals surface area contributed by atoms with E-state index in [2.05, 4.69) is 10.0 Å². The lowest BCUT2D eigenvalue weighted by molar-refractivity contribution is 0.101. The second kappa shape index (κ2) is 6.53. The number of hydrogen-bond acceptors (Lipinski definition) is 5. The van der Waals surface area contributed by atoms with Crippen molar-refractivity contribution in [1.82, 2.24) is 4.72 Å². The third-order valence-corrected chi connectivity index (χ3v) is 3.21. The number of nitrogen functional groups attached to an aromatic ring is 1. The second-order valence-electron chi connectivity index (χ2n) is 4.31. The lowest BCUT2D eigenvalue weighted by Gasteiger charge is -2.09. The molecule has 0 heterocycles. The van der Waals surface area contributed by atoms with Crippen molar-refractivity contribution in [3.05, 3.63) is 23.8 Å². The van der Waals surface area contributed by atoms with Crippen LogP contribution in [0.5, 0.6) is 0 Å². The summed E-state index contributed by atoms with van der Waals surface area (Å²) in [5, 5.41) is 3.11. The third kappa shape index (κ3) is 5.71. The molecule has 1 rings (SSSR count). The largest absolute Gasteiger partial charge is 0.398 e. The number of hydrogen-bond donors (Lipinski definition) is 3. The molecular weight excluding hydrogens is 266 g/mol. The molecule has 0 aliphatic carbocycles. The highest BCUT2D eigenvalue weighted by Crippen LogP contribution is 2.18. The van der Waals surface area contributed by atoms with Gasteiger partial charge in [0.25, 0.3) is 0 Å². The zero-order chi connectivity index (χ0) is 14.5. The molecule has 0 fully saturated rings. The van der Waals surface area contributed by atoms with E-state index in [4.69, 9.17) is 5.73 Å². The summed E-state index contributed by atoms with van der Waals surface area (Å²) in [7, 11) is -3.13.